The molecule has 0 unspecified atom stereocenters. The first kappa shape index (κ1) is 68.6. The second kappa shape index (κ2) is 34.6. The molecule has 0 aromatic heterocycles. The van der Waals surface area contributed by atoms with Gasteiger partial charge >= 0.3 is 29.6 Å². The Morgan fingerprint density at radius 1 is 0.632 bits per heavy atom. The number of aliphatic hydroxyl groups excluding tert-OH is 11. The van der Waals surface area contributed by atoms with Crippen molar-refractivity contribution >= 4 is 17.8 Å². The van der Waals surface area contributed by atoms with E-state index in [1.165, 1.54) is 6.92 Å². The molecule has 0 aromatic rings. The first-order valence-electron chi connectivity index (χ1n) is 24.2. The van der Waals surface area contributed by atoms with Crippen molar-refractivity contribution in [2.75, 3.05) is 99.1 Å². The number of ether oxygens (including phenoxy) is 13. The predicted molar refractivity (Wildman–Crippen MR) is 238 cm³/mol. The minimum absolute atomic E-state index is 0. The topological polar surface area (TPSA) is 476 Å². The minimum Gasteiger partial charge on any atom is -0.544 e. The number of hydrogen-bond acceptors (Lipinski definition) is 30. The van der Waals surface area contributed by atoms with Crippen molar-refractivity contribution in [3.8, 4) is 0 Å². The zero-order valence-corrected chi connectivity index (χ0v) is 44.7. The van der Waals surface area contributed by atoms with Crippen LogP contribution in [-0.2, 0) is 80.8 Å². The van der Waals surface area contributed by atoms with Crippen LogP contribution in [0.2, 0.25) is 0 Å². The van der Waals surface area contributed by atoms with Gasteiger partial charge in [0, 0.05) is 20.3 Å². The fraction of sp³-hybridized carbons (Fsp3) is 0.930. The normalized spacial score (nSPS) is 36.7. The van der Waals surface area contributed by atoms with Crippen LogP contribution in [0.4, 0.5) is 0 Å². The van der Waals surface area contributed by atoms with E-state index in [0.717, 1.165) is 13.8 Å². The third-order valence-corrected chi connectivity index (χ3v) is 12.3. The molecule has 33 heteroatoms. The Morgan fingerprint density at radius 2 is 1.12 bits per heavy atom. The first-order valence-corrected chi connectivity index (χ1v) is 24.2. The molecule has 32 nitrogen and oxygen atoms in total. The molecule has 4 saturated heterocycles. The van der Waals surface area contributed by atoms with Gasteiger partial charge in [-0.2, -0.15) is 0 Å². The SMILES string of the molecule is CC(=O)N[C@H]1[C@H](OCCOCCOCCOCCOCCOCCON)O[C@H](CO)[C@@H](O[C@@H]2O[C@H](CO)[C@H](O)[C@H](O[C@@]3(C(=O)[O-])C[C@H](O)[C@@H](NC(C)=O)[C@H]([C@H](O)[C@H](O)CO)O3)[C@H]2O)[C@@H]1O[C@@H]1O[C@@H](C)[C@@H](O)[C@@H](O)[C@@H]1O.[Na+]. The molecule has 76 heavy (non-hydrogen) atoms. The maximum Gasteiger partial charge on any atom is 1.00 e. The van der Waals surface area contributed by atoms with Crippen molar-refractivity contribution in [1.29, 1.82) is 0 Å². The summed E-state index contributed by atoms with van der Waals surface area (Å²) < 4.78 is 74.3. The predicted octanol–water partition coefficient (Wildman–Crippen LogP) is -13.6. The number of carboxylic acids is 1. The van der Waals surface area contributed by atoms with Crippen molar-refractivity contribution < 1.29 is 172 Å². The molecule has 15 N–H and O–H groups in total. The van der Waals surface area contributed by atoms with Crippen LogP contribution in [0.1, 0.15) is 27.2 Å². The monoisotopic (exact) mass is 1120 g/mol. The average molecular weight is 1120 g/mol. The fourth-order valence-corrected chi connectivity index (χ4v) is 8.42. The van der Waals surface area contributed by atoms with Crippen LogP contribution in [0.15, 0.2) is 0 Å². The average Bonchev–Trinajstić information content (AvgIpc) is 3.37. The van der Waals surface area contributed by atoms with Crippen molar-refractivity contribution in [1.82, 2.24) is 10.6 Å². The molecule has 0 bridgehead atoms. The number of carboxylic acid groups (broad SMARTS) is 1. The van der Waals surface area contributed by atoms with Crippen LogP contribution in [0, 0.1) is 0 Å². The summed E-state index contributed by atoms with van der Waals surface area (Å²) in [6.45, 7) is 2.85. The Kier molecular flexibility index (Phi) is 31.3. The second-order valence-corrected chi connectivity index (χ2v) is 17.8. The Hall–Kier alpha value is -1.63. The number of aliphatic carboxylic acids is 1. The van der Waals surface area contributed by atoms with Gasteiger partial charge in [0.1, 0.15) is 91.4 Å². The van der Waals surface area contributed by atoms with E-state index in [9.17, 15) is 75.7 Å². The number of carbonyl (C=O) groups is 3. The zero-order chi connectivity index (χ0) is 55.4. The number of rotatable bonds is 33. The molecule has 0 radical (unpaired) electrons. The Morgan fingerprint density at radius 3 is 1.62 bits per heavy atom. The van der Waals surface area contributed by atoms with Crippen LogP contribution >= 0.6 is 0 Å². The Bertz CT molecular complexity index is 1670. The molecular weight excluding hydrogens is 1050 g/mol. The maximum atomic E-state index is 13.0. The fourth-order valence-electron chi connectivity index (χ4n) is 8.42. The minimum atomic E-state index is -3.25. The summed E-state index contributed by atoms with van der Waals surface area (Å²) >= 11 is 0. The van der Waals surface area contributed by atoms with Gasteiger partial charge in [0.15, 0.2) is 18.9 Å². The Labute approximate surface area is 458 Å². The quantitative estimate of drug-likeness (QED) is 0.0165. The smallest absolute Gasteiger partial charge is 0.544 e. The molecule has 2 amide bonds. The van der Waals surface area contributed by atoms with E-state index in [-0.39, 0.29) is 75.8 Å². The van der Waals surface area contributed by atoms with Gasteiger partial charge in [-0.1, -0.05) is 0 Å². The van der Waals surface area contributed by atoms with Gasteiger partial charge in [-0.3, -0.25) is 9.59 Å². The third kappa shape index (κ3) is 19.5. The molecule has 4 aliphatic rings. The van der Waals surface area contributed by atoms with E-state index in [4.69, 9.17) is 67.5 Å². The molecule has 4 rings (SSSR count). The van der Waals surface area contributed by atoms with Crippen LogP contribution in [0.3, 0.4) is 0 Å². The van der Waals surface area contributed by atoms with E-state index < -0.39 is 172 Å². The van der Waals surface area contributed by atoms with E-state index >= 15 is 0 Å². The van der Waals surface area contributed by atoms with Crippen LogP contribution in [0.5, 0.6) is 0 Å². The van der Waals surface area contributed by atoms with Gasteiger partial charge in [0.25, 0.3) is 0 Å². The van der Waals surface area contributed by atoms with Crippen LogP contribution in [-0.4, -0.2) is 301 Å². The van der Waals surface area contributed by atoms with E-state index in [1.807, 2.05) is 0 Å². The summed E-state index contributed by atoms with van der Waals surface area (Å²) in [6.07, 6.45) is -35.4. The van der Waals surface area contributed by atoms with Gasteiger partial charge < -0.3 is 143 Å². The van der Waals surface area contributed by atoms with Crippen LogP contribution in [0.25, 0.3) is 0 Å². The summed E-state index contributed by atoms with van der Waals surface area (Å²) in [4.78, 5) is 42.3. The second-order valence-electron chi connectivity index (χ2n) is 17.8. The molecule has 0 aliphatic carbocycles. The summed E-state index contributed by atoms with van der Waals surface area (Å²) in [5, 5.41) is 136. The molecule has 0 spiro atoms. The molecule has 4 aliphatic heterocycles. The number of nitrogens with one attached hydrogen (secondary N) is 2. The Balaban J connectivity index is 0.0000152. The van der Waals surface area contributed by atoms with Gasteiger partial charge in [0.05, 0.1) is 117 Å². The first-order chi connectivity index (χ1) is 35.7. The van der Waals surface area contributed by atoms with Gasteiger partial charge in [0.2, 0.25) is 17.6 Å². The zero-order valence-electron chi connectivity index (χ0n) is 42.7. The van der Waals surface area contributed by atoms with Crippen molar-refractivity contribution in [3.05, 3.63) is 0 Å². The number of carbonyl (C=O) groups excluding carboxylic acids is 3. The van der Waals surface area contributed by atoms with Crippen molar-refractivity contribution in [2.24, 2.45) is 5.90 Å². The molecule has 0 aromatic carbocycles. The summed E-state index contributed by atoms with van der Waals surface area (Å²) in [7, 11) is 0. The maximum absolute atomic E-state index is 13.0. The molecular formula is C43H76N3NaO29. The largest absolute Gasteiger partial charge is 1.00 e. The number of amides is 2. The van der Waals surface area contributed by atoms with E-state index in [0.29, 0.717) is 33.0 Å². The van der Waals surface area contributed by atoms with Crippen molar-refractivity contribution in [2.45, 2.75) is 155 Å². The molecule has 438 valence electrons. The van der Waals surface area contributed by atoms with Crippen LogP contribution < -0.4 is 51.2 Å². The standard InChI is InChI=1S/C43H77N3O29.Na/c1-20-29(54)32(57)33(58)40(69-20)73-37-28(46-22(3)51)39(67-14-12-65-10-8-63-6-4-62-5-7-64-9-11-66-13-15-68-44)71-26(19-49)35(37)72-41-34(59)38(31(56)25(18-48)70-41)75-43(42(60)61)16-23(52)27(45-21(2)50)36(74-43)30(55)24(53)17-47;/h20,23-41,47-49,52-59H,4-19,44H2,1-3H3,(H,45,50)(H,46,51)(H,60,61);/q;+1/p-1/t20-,23-,24+,25+,26+,27+,28+,29+,30+,31-,32+,33-,34+,35+,36+,37+,38-,39+,40-,41-,43+;/m0./s1. The van der Waals surface area contributed by atoms with E-state index in [1.54, 1.807) is 0 Å². The molecule has 0 saturated carbocycles. The molecule has 4 fully saturated rings. The van der Waals surface area contributed by atoms with Gasteiger partial charge in [-0.15, -0.1) is 0 Å². The van der Waals surface area contributed by atoms with E-state index in [2.05, 4.69) is 15.5 Å². The number of nitrogens with two attached hydrogens (primary N) is 1. The van der Waals surface area contributed by atoms with Crippen molar-refractivity contribution in [3.63, 3.8) is 0 Å². The number of hydrogen-bond donors (Lipinski definition) is 14. The molecule has 4 heterocycles. The summed E-state index contributed by atoms with van der Waals surface area (Å²) in [6, 6.07) is -3.16. The summed E-state index contributed by atoms with van der Waals surface area (Å²) in [5.74, 6) is -2.15. The number of aliphatic hydroxyl groups is 11. The third-order valence-electron chi connectivity index (χ3n) is 12.3. The van der Waals surface area contributed by atoms with Gasteiger partial charge in [-0.05, 0) is 6.92 Å². The van der Waals surface area contributed by atoms with Gasteiger partial charge in [-0.25, -0.2) is 5.90 Å². The molecule has 21 atom stereocenters. The summed E-state index contributed by atoms with van der Waals surface area (Å²) in [5.41, 5.74) is 0.